The minimum absolute atomic E-state index is 0.233. The van der Waals surface area contributed by atoms with Crippen LogP contribution in [0.4, 0.5) is 11.6 Å². The molecule has 0 saturated carbocycles. The second-order valence-electron chi connectivity index (χ2n) is 5.78. The Morgan fingerprint density at radius 3 is 2.54 bits per heavy atom. The van der Waals surface area contributed by atoms with Gasteiger partial charge in [-0.1, -0.05) is 35.9 Å². The van der Waals surface area contributed by atoms with Crippen molar-refractivity contribution in [3.05, 3.63) is 83.2 Å². The van der Waals surface area contributed by atoms with Gasteiger partial charge in [0, 0.05) is 24.6 Å². The number of carbonyl (C=O) groups is 1. The van der Waals surface area contributed by atoms with Crippen molar-refractivity contribution in [3.8, 4) is 6.07 Å². The first-order chi connectivity index (χ1) is 12.6. The lowest BCUT2D eigenvalue weighted by atomic mass is 10.1. The molecule has 1 amide bonds. The molecule has 0 radical (unpaired) electrons. The van der Waals surface area contributed by atoms with Crippen molar-refractivity contribution in [2.75, 3.05) is 5.32 Å². The molecule has 1 heterocycles. The van der Waals surface area contributed by atoms with Crippen molar-refractivity contribution >= 4 is 17.5 Å². The van der Waals surface area contributed by atoms with E-state index >= 15 is 0 Å². The molecule has 3 aromatic rings. The maximum Gasteiger partial charge on any atom is 0.254 e. The van der Waals surface area contributed by atoms with Gasteiger partial charge < -0.3 is 10.6 Å². The molecule has 0 saturated heterocycles. The number of hydrogen-bond acceptors (Lipinski definition) is 5. The van der Waals surface area contributed by atoms with Crippen LogP contribution in [-0.2, 0) is 6.54 Å². The number of nitrogens with one attached hydrogen (secondary N) is 2. The summed E-state index contributed by atoms with van der Waals surface area (Å²) in [4.78, 5) is 20.5. The highest BCUT2D eigenvalue weighted by Crippen LogP contribution is 2.14. The predicted octanol–water partition coefficient (Wildman–Crippen LogP) is 3.33. The van der Waals surface area contributed by atoms with Gasteiger partial charge in [0.2, 0.25) is 5.95 Å². The second kappa shape index (κ2) is 7.90. The summed E-state index contributed by atoms with van der Waals surface area (Å²) in [5.74, 6) is 0.124. The molecule has 0 spiro atoms. The van der Waals surface area contributed by atoms with E-state index in [2.05, 4.69) is 26.7 Å². The Bertz CT molecular complexity index is 943. The van der Waals surface area contributed by atoms with Crippen LogP contribution in [-0.4, -0.2) is 15.9 Å². The van der Waals surface area contributed by atoms with Gasteiger partial charge in [0.15, 0.2) is 0 Å². The van der Waals surface area contributed by atoms with Gasteiger partial charge >= 0.3 is 0 Å². The lowest BCUT2D eigenvalue weighted by Crippen LogP contribution is -2.23. The third-order valence-electron chi connectivity index (χ3n) is 3.74. The number of hydrogen-bond donors (Lipinski definition) is 2. The minimum atomic E-state index is -0.233. The van der Waals surface area contributed by atoms with Gasteiger partial charge in [-0.25, -0.2) is 9.97 Å². The lowest BCUT2D eigenvalue weighted by Gasteiger charge is -2.07. The molecule has 128 valence electrons. The van der Waals surface area contributed by atoms with E-state index < -0.39 is 0 Å². The fraction of sp³-hybridized carbons (Fsp3) is 0.100. The van der Waals surface area contributed by atoms with Gasteiger partial charge in [-0.15, -0.1) is 0 Å². The second-order valence-corrected chi connectivity index (χ2v) is 5.78. The van der Waals surface area contributed by atoms with E-state index in [9.17, 15) is 4.79 Å². The molecule has 0 atom stereocenters. The van der Waals surface area contributed by atoms with E-state index in [1.807, 2.05) is 37.3 Å². The first-order valence-electron chi connectivity index (χ1n) is 8.07. The van der Waals surface area contributed by atoms with E-state index in [1.165, 1.54) is 18.0 Å². The van der Waals surface area contributed by atoms with E-state index in [0.717, 1.165) is 5.56 Å². The van der Waals surface area contributed by atoms with Gasteiger partial charge in [0.05, 0.1) is 17.2 Å². The molecule has 2 aromatic carbocycles. The zero-order chi connectivity index (χ0) is 18.4. The van der Waals surface area contributed by atoms with Crippen LogP contribution in [0.5, 0.6) is 0 Å². The number of nitriles is 1. The number of benzene rings is 2. The largest absolute Gasteiger partial charge is 0.348 e. The maximum absolute atomic E-state index is 12.2. The quantitative estimate of drug-likeness (QED) is 0.741. The molecular formula is C20H17N5O. The van der Waals surface area contributed by atoms with Crippen LogP contribution < -0.4 is 10.6 Å². The molecule has 3 rings (SSSR count). The molecule has 26 heavy (non-hydrogen) atoms. The first kappa shape index (κ1) is 17.1. The normalized spacial score (nSPS) is 10.0. The highest BCUT2D eigenvalue weighted by molar-refractivity contribution is 5.93. The Kier molecular flexibility index (Phi) is 5.20. The molecule has 2 N–H and O–H groups in total. The van der Waals surface area contributed by atoms with Crippen LogP contribution in [0, 0.1) is 18.3 Å². The first-order valence-corrected chi connectivity index (χ1v) is 8.07. The van der Waals surface area contributed by atoms with Gasteiger partial charge in [0.25, 0.3) is 5.91 Å². The van der Waals surface area contributed by atoms with Crippen molar-refractivity contribution in [3.63, 3.8) is 0 Å². The fourth-order valence-corrected chi connectivity index (χ4v) is 2.30. The summed E-state index contributed by atoms with van der Waals surface area (Å²) < 4.78 is 0. The summed E-state index contributed by atoms with van der Waals surface area (Å²) in [6.07, 6.45) is 2.93. The highest BCUT2D eigenvalue weighted by atomic mass is 16.1. The lowest BCUT2D eigenvalue weighted by molar-refractivity contribution is 0.0950. The van der Waals surface area contributed by atoms with E-state index in [4.69, 9.17) is 5.26 Å². The Labute approximate surface area is 151 Å². The monoisotopic (exact) mass is 343 g/mol. The van der Waals surface area contributed by atoms with Crippen molar-refractivity contribution in [1.82, 2.24) is 15.3 Å². The Balaban J connectivity index is 1.60. The summed E-state index contributed by atoms with van der Waals surface area (Å²) in [5, 5.41) is 14.8. The van der Waals surface area contributed by atoms with Gasteiger partial charge in [-0.2, -0.15) is 5.26 Å². The van der Waals surface area contributed by atoms with Crippen LogP contribution in [0.1, 0.15) is 27.0 Å². The van der Waals surface area contributed by atoms with E-state index in [0.29, 0.717) is 29.3 Å². The zero-order valence-corrected chi connectivity index (χ0v) is 14.2. The van der Waals surface area contributed by atoms with Crippen molar-refractivity contribution < 1.29 is 4.79 Å². The van der Waals surface area contributed by atoms with Crippen LogP contribution in [0.25, 0.3) is 0 Å². The standard InChI is InChI=1S/C20H17N5O/c1-14-5-7-15(8-6-14)11-22-19(26)17-12-23-20(24-13-17)25-18-4-2-3-16(9-18)10-21/h2-9,12-13H,11H2,1H3,(H,22,26)(H,23,24,25). The predicted molar refractivity (Wildman–Crippen MR) is 98.8 cm³/mol. The van der Waals surface area contributed by atoms with Crippen molar-refractivity contribution in [1.29, 1.82) is 5.26 Å². The van der Waals surface area contributed by atoms with Gasteiger partial charge in [0.1, 0.15) is 0 Å². The molecule has 6 nitrogen and oxygen atoms in total. The molecular weight excluding hydrogens is 326 g/mol. The summed E-state index contributed by atoms with van der Waals surface area (Å²) in [7, 11) is 0. The molecule has 0 fully saturated rings. The SMILES string of the molecule is Cc1ccc(CNC(=O)c2cnc(Nc3cccc(C#N)c3)nc2)cc1. The molecule has 0 unspecified atom stereocenters. The molecule has 1 aromatic heterocycles. The minimum Gasteiger partial charge on any atom is -0.348 e. The summed E-state index contributed by atoms with van der Waals surface area (Å²) >= 11 is 0. The Morgan fingerprint density at radius 2 is 1.85 bits per heavy atom. The summed E-state index contributed by atoms with van der Waals surface area (Å²) in [6.45, 7) is 2.46. The zero-order valence-electron chi connectivity index (χ0n) is 14.2. The third kappa shape index (κ3) is 4.42. The van der Waals surface area contributed by atoms with Crippen molar-refractivity contribution in [2.45, 2.75) is 13.5 Å². The highest BCUT2D eigenvalue weighted by Gasteiger charge is 2.07. The van der Waals surface area contributed by atoms with Crippen molar-refractivity contribution in [2.24, 2.45) is 0 Å². The number of amides is 1. The van der Waals surface area contributed by atoms with E-state index in [1.54, 1.807) is 18.2 Å². The third-order valence-corrected chi connectivity index (χ3v) is 3.74. The maximum atomic E-state index is 12.2. The Hall–Kier alpha value is -3.72. The molecule has 0 bridgehead atoms. The summed E-state index contributed by atoms with van der Waals surface area (Å²) in [5.41, 5.74) is 3.84. The van der Waals surface area contributed by atoms with Crippen LogP contribution in [0.2, 0.25) is 0 Å². The number of nitrogens with zero attached hydrogens (tertiary/aromatic N) is 3. The number of aryl methyl sites for hydroxylation is 1. The molecule has 0 aliphatic rings. The molecule has 0 aliphatic heterocycles. The van der Waals surface area contributed by atoms with Gasteiger partial charge in [-0.3, -0.25) is 4.79 Å². The Morgan fingerprint density at radius 1 is 1.12 bits per heavy atom. The number of anilines is 2. The molecule has 6 heteroatoms. The van der Waals surface area contributed by atoms with Gasteiger partial charge in [-0.05, 0) is 30.7 Å². The van der Waals surface area contributed by atoms with Crippen LogP contribution in [0.15, 0.2) is 60.9 Å². The number of carbonyl (C=O) groups excluding carboxylic acids is 1. The molecule has 0 aliphatic carbocycles. The smallest absolute Gasteiger partial charge is 0.254 e. The average molecular weight is 343 g/mol. The average Bonchev–Trinajstić information content (AvgIpc) is 2.68. The fourth-order valence-electron chi connectivity index (χ4n) is 2.30. The van der Waals surface area contributed by atoms with Crippen LogP contribution in [0.3, 0.4) is 0 Å². The van der Waals surface area contributed by atoms with Crippen LogP contribution >= 0.6 is 0 Å². The topological polar surface area (TPSA) is 90.7 Å². The number of aromatic nitrogens is 2. The summed E-state index contributed by atoms with van der Waals surface area (Å²) in [6, 6.07) is 17.0. The number of rotatable bonds is 5. The van der Waals surface area contributed by atoms with E-state index in [-0.39, 0.29) is 5.91 Å².